The van der Waals surface area contributed by atoms with Crippen molar-refractivity contribution in [2.45, 2.75) is 19.4 Å². The Morgan fingerprint density at radius 3 is 2.59 bits per heavy atom. The first-order valence-corrected chi connectivity index (χ1v) is 8.91. The zero-order valence-electron chi connectivity index (χ0n) is 14.7. The van der Waals surface area contributed by atoms with Gasteiger partial charge < -0.3 is 15.2 Å². The van der Waals surface area contributed by atoms with Gasteiger partial charge in [0, 0.05) is 42.2 Å². The standard InChI is InChI=1S/C21H19N3O3/c25-19-12-17(16-4-1-2-5-18(16)23-19)21(27)22-13-14-7-9-15(10-8-14)24-11-3-6-20(24)26/h1-2,4-5,7-10,12H,3,6,11,13H2,(H,22,27)(H,23,25). The first-order chi connectivity index (χ1) is 13.1. The van der Waals surface area contributed by atoms with Crippen LogP contribution in [0.25, 0.3) is 10.9 Å². The van der Waals surface area contributed by atoms with Gasteiger partial charge in [-0.3, -0.25) is 14.4 Å². The van der Waals surface area contributed by atoms with Crippen LogP contribution in [-0.4, -0.2) is 23.3 Å². The fraction of sp³-hybridized carbons (Fsp3) is 0.190. The predicted molar refractivity (Wildman–Crippen MR) is 104 cm³/mol. The average molecular weight is 361 g/mol. The summed E-state index contributed by atoms with van der Waals surface area (Å²) < 4.78 is 0. The number of pyridine rings is 1. The molecule has 27 heavy (non-hydrogen) atoms. The maximum absolute atomic E-state index is 12.6. The molecule has 1 aromatic heterocycles. The Kier molecular flexibility index (Phi) is 4.46. The third-order valence-corrected chi connectivity index (χ3v) is 4.77. The number of fused-ring (bicyclic) bond motifs is 1. The highest BCUT2D eigenvalue weighted by atomic mass is 16.2. The van der Waals surface area contributed by atoms with Gasteiger partial charge in [-0.2, -0.15) is 0 Å². The Labute approximate surface area is 155 Å². The second-order valence-corrected chi connectivity index (χ2v) is 6.59. The van der Waals surface area contributed by atoms with E-state index in [9.17, 15) is 14.4 Å². The number of carbonyl (C=O) groups excluding carboxylic acids is 2. The second-order valence-electron chi connectivity index (χ2n) is 6.59. The minimum absolute atomic E-state index is 0.150. The van der Waals surface area contributed by atoms with Gasteiger partial charge in [-0.15, -0.1) is 0 Å². The molecule has 0 radical (unpaired) electrons. The lowest BCUT2D eigenvalue weighted by Gasteiger charge is -2.16. The summed E-state index contributed by atoms with van der Waals surface area (Å²) in [5.41, 5.74) is 2.49. The van der Waals surface area contributed by atoms with E-state index >= 15 is 0 Å². The van der Waals surface area contributed by atoms with Gasteiger partial charge in [-0.1, -0.05) is 30.3 Å². The minimum Gasteiger partial charge on any atom is -0.348 e. The topological polar surface area (TPSA) is 82.3 Å². The van der Waals surface area contributed by atoms with Crippen molar-refractivity contribution in [1.29, 1.82) is 0 Å². The molecule has 136 valence electrons. The van der Waals surface area contributed by atoms with Crippen molar-refractivity contribution >= 4 is 28.4 Å². The monoisotopic (exact) mass is 361 g/mol. The van der Waals surface area contributed by atoms with Gasteiger partial charge in [0.15, 0.2) is 0 Å². The number of para-hydroxylation sites is 1. The number of H-pyrrole nitrogens is 1. The molecule has 0 saturated carbocycles. The maximum atomic E-state index is 12.6. The number of carbonyl (C=O) groups is 2. The Bertz CT molecular complexity index is 1070. The SMILES string of the molecule is O=C(NCc1ccc(N2CCCC2=O)cc1)c1cc(=O)[nH]c2ccccc12. The third kappa shape index (κ3) is 3.46. The second kappa shape index (κ2) is 7.07. The molecule has 3 aromatic rings. The Hall–Kier alpha value is -3.41. The number of anilines is 1. The maximum Gasteiger partial charge on any atom is 0.252 e. The Morgan fingerprint density at radius 1 is 1.07 bits per heavy atom. The van der Waals surface area contributed by atoms with Crippen LogP contribution in [-0.2, 0) is 11.3 Å². The van der Waals surface area contributed by atoms with Crippen molar-refractivity contribution < 1.29 is 9.59 Å². The van der Waals surface area contributed by atoms with Crippen LogP contribution in [0.4, 0.5) is 5.69 Å². The van der Waals surface area contributed by atoms with Crippen molar-refractivity contribution in [2.24, 2.45) is 0 Å². The van der Waals surface area contributed by atoms with E-state index in [1.54, 1.807) is 11.0 Å². The lowest BCUT2D eigenvalue weighted by Crippen LogP contribution is -2.25. The molecule has 1 aliphatic heterocycles. The Morgan fingerprint density at radius 2 is 1.85 bits per heavy atom. The van der Waals surface area contributed by atoms with Gasteiger partial charge in [0.2, 0.25) is 11.5 Å². The molecule has 6 nitrogen and oxygen atoms in total. The summed E-state index contributed by atoms with van der Waals surface area (Å²) in [5.74, 6) is -0.145. The van der Waals surface area contributed by atoms with Crippen LogP contribution in [0, 0.1) is 0 Å². The first kappa shape index (κ1) is 17.0. The van der Waals surface area contributed by atoms with Crippen molar-refractivity contribution in [1.82, 2.24) is 10.3 Å². The summed E-state index contributed by atoms with van der Waals surface area (Å²) in [6.45, 7) is 1.10. The average Bonchev–Trinajstić information content (AvgIpc) is 3.11. The molecule has 1 aliphatic rings. The molecule has 0 atom stereocenters. The van der Waals surface area contributed by atoms with Crippen LogP contribution >= 0.6 is 0 Å². The van der Waals surface area contributed by atoms with E-state index in [4.69, 9.17) is 0 Å². The minimum atomic E-state index is -0.307. The van der Waals surface area contributed by atoms with Crippen LogP contribution < -0.4 is 15.8 Å². The number of hydrogen-bond acceptors (Lipinski definition) is 3. The highest BCUT2D eigenvalue weighted by Crippen LogP contribution is 2.21. The summed E-state index contributed by atoms with van der Waals surface area (Å²) in [5, 5.41) is 3.57. The molecule has 2 N–H and O–H groups in total. The van der Waals surface area contributed by atoms with Crippen molar-refractivity contribution in [3.63, 3.8) is 0 Å². The largest absolute Gasteiger partial charge is 0.348 e. The summed E-state index contributed by atoms with van der Waals surface area (Å²) in [4.78, 5) is 40.7. The van der Waals surface area contributed by atoms with Gasteiger partial charge in [0.1, 0.15) is 0 Å². The molecule has 0 unspecified atom stereocenters. The quantitative estimate of drug-likeness (QED) is 0.749. The van der Waals surface area contributed by atoms with Gasteiger partial charge in [-0.05, 0) is 30.2 Å². The van der Waals surface area contributed by atoms with Crippen molar-refractivity contribution in [3.05, 3.63) is 76.1 Å². The molecule has 1 saturated heterocycles. The summed E-state index contributed by atoms with van der Waals surface area (Å²) in [7, 11) is 0. The van der Waals surface area contributed by atoms with E-state index in [1.807, 2.05) is 42.5 Å². The highest BCUT2D eigenvalue weighted by molar-refractivity contribution is 6.05. The predicted octanol–water partition coefficient (Wildman–Crippen LogP) is 2.58. The van der Waals surface area contributed by atoms with E-state index in [0.717, 1.165) is 24.2 Å². The molecule has 0 bridgehead atoms. The number of amides is 2. The number of aromatic nitrogens is 1. The fourth-order valence-corrected chi connectivity index (χ4v) is 3.38. The van der Waals surface area contributed by atoms with Crippen LogP contribution in [0.3, 0.4) is 0 Å². The molecule has 0 aliphatic carbocycles. The molecular formula is C21H19N3O3. The fourth-order valence-electron chi connectivity index (χ4n) is 3.38. The van der Waals surface area contributed by atoms with E-state index in [1.165, 1.54) is 6.07 Å². The van der Waals surface area contributed by atoms with E-state index in [0.29, 0.717) is 29.4 Å². The smallest absolute Gasteiger partial charge is 0.252 e. The molecule has 6 heteroatoms. The zero-order chi connectivity index (χ0) is 18.8. The van der Waals surface area contributed by atoms with Crippen molar-refractivity contribution in [2.75, 3.05) is 11.4 Å². The van der Waals surface area contributed by atoms with E-state index in [2.05, 4.69) is 10.3 Å². The van der Waals surface area contributed by atoms with Crippen molar-refractivity contribution in [3.8, 4) is 0 Å². The number of nitrogens with one attached hydrogen (secondary N) is 2. The third-order valence-electron chi connectivity index (χ3n) is 4.77. The number of aromatic amines is 1. The molecule has 2 heterocycles. The summed E-state index contributed by atoms with van der Waals surface area (Å²) in [6.07, 6.45) is 1.49. The molecule has 2 amide bonds. The number of hydrogen-bond donors (Lipinski definition) is 2. The molecular weight excluding hydrogens is 342 g/mol. The van der Waals surface area contributed by atoms with Crippen LogP contribution in [0.2, 0.25) is 0 Å². The van der Waals surface area contributed by atoms with E-state index in [-0.39, 0.29) is 17.4 Å². The van der Waals surface area contributed by atoms with Gasteiger partial charge >= 0.3 is 0 Å². The van der Waals surface area contributed by atoms with E-state index < -0.39 is 0 Å². The van der Waals surface area contributed by atoms with Gasteiger partial charge in [0.05, 0.1) is 5.56 Å². The van der Waals surface area contributed by atoms with Gasteiger partial charge in [0.25, 0.3) is 5.91 Å². The Balaban J connectivity index is 1.48. The van der Waals surface area contributed by atoms with Crippen LogP contribution in [0.5, 0.6) is 0 Å². The van der Waals surface area contributed by atoms with Gasteiger partial charge in [-0.25, -0.2) is 0 Å². The lowest BCUT2D eigenvalue weighted by molar-refractivity contribution is -0.117. The van der Waals surface area contributed by atoms with Crippen LogP contribution in [0.15, 0.2) is 59.4 Å². The zero-order valence-corrected chi connectivity index (χ0v) is 14.7. The normalized spacial score (nSPS) is 13.9. The number of benzene rings is 2. The summed E-state index contributed by atoms with van der Waals surface area (Å²) in [6, 6.07) is 16.1. The first-order valence-electron chi connectivity index (χ1n) is 8.91. The lowest BCUT2D eigenvalue weighted by atomic mass is 10.1. The molecule has 4 rings (SSSR count). The molecule has 0 spiro atoms. The summed E-state index contributed by atoms with van der Waals surface area (Å²) >= 11 is 0. The number of rotatable bonds is 4. The van der Waals surface area contributed by atoms with Crippen LogP contribution in [0.1, 0.15) is 28.8 Å². The highest BCUT2D eigenvalue weighted by Gasteiger charge is 2.21. The molecule has 1 fully saturated rings. The number of nitrogens with zero attached hydrogens (tertiary/aromatic N) is 1. The molecule has 2 aromatic carbocycles.